The first-order chi connectivity index (χ1) is 12.1. The number of fused-ring (bicyclic) bond motifs is 1. The van der Waals surface area contributed by atoms with Gasteiger partial charge in [0, 0.05) is 17.8 Å². The molecule has 1 N–H and O–H groups in total. The largest absolute Gasteiger partial charge is 0.321 e. The molecule has 124 valence electrons. The van der Waals surface area contributed by atoms with Gasteiger partial charge < -0.3 is 10.2 Å². The molecule has 0 bridgehead atoms. The fourth-order valence-electron chi connectivity index (χ4n) is 2.95. The van der Waals surface area contributed by atoms with Crippen LogP contribution in [0.1, 0.15) is 18.1 Å². The third-order valence-electron chi connectivity index (χ3n) is 4.22. The van der Waals surface area contributed by atoms with Crippen molar-refractivity contribution in [2.45, 2.75) is 13.8 Å². The van der Waals surface area contributed by atoms with Crippen molar-refractivity contribution in [3.8, 4) is 6.07 Å². The number of nitrogens with zero attached hydrogens (tertiary/aromatic N) is 2. The van der Waals surface area contributed by atoms with Crippen molar-refractivity contribution in [2.75, 3.05) is 16.8 Å². The smallest absolute Gasteiger partial charge is 0.267 e. The van der Waals surface area contributed by atoms with Crippen LogP contribution in [0.5, 0.6) is 0 Å². The molecule has 0 atom stereocenters. The van der Waals surface area contributed by atoms with Crippen LogP contribution in [0.15, 0.2) is 54.1 Å². The molecule has 3 rings (SSSR count). The van der Waals surface area contributed by atoms with Gasteiger partial charge in [0.15, 0.2) is 0 Å². The zero-order valence-electron chi connectivity index (χ0n) is 14.0. The minimum absolute atomic E-state index is 0.158. The molecule has 5 heteroatoms. The van der Waals surface area contributed by atoms with Crippen LogP contribution >= 0.6 is 0 Å². The van der Waals surface area contributed by atoms with Crippen LogP contribution < -0.4 is 10.2 Å². The molecule has 0 saturated carbocycles. The first kappa shape index (κ1) is 16.5. The van der Waals surface area contributed by atoms with Crippen LogP contribution in [0, 0.1) is 18.3 Å². The third-order valence-corrected chi connectivity index (χ3v) is 4.22. The van der Waals surface area contributed by atoms with Crippen molar-refractivity contribution in [2.24, 2.45) is 0 Å². The highest BCUT2D eigenvalue weighted by atomic mass is 16.2. The minimum Gasteiger partial charge on any atom is -0.321 e. The highest BCUT2D eigenvalue weighted by molar-refractivity contribution is 6.37. The van der Waals surface area contributed by atoms with E-state index in [4.69, 9.17) is 0 Å². The molecule has 0 aliphatic carbocycles. The number of amides is 2. The Morgan fingerprint density at radius 3 is 2.52 bits per heavy atom. The van der Waals surface area contributed by atoms with Crippen molar-refractivity contribution >= 4 is 28.8 Å². The summed E-state index contributed by atoms with van der Waals surface area (Å²) in [6, 6.07) is 16.4. The number of nitrogens with one attached hydrogen (secondary N) is 1. The summed E-state index contributed by atoms with van der Waals surface area (Å²) < 4.78 is 0. The van der Waals surface area contributed by atoms with Gasteiger partial charge in [-0.05, 0) is 31.5 Å². The van der Waals surface area contributed by atoms with Crippen LogP contribution in [0.3, 0.4) is 0 Å². The van der Waals surface area contributed by atoms with E-state index in [2.05, 4.69) is 5.32 Å². The summed E-state index contributed by atoms with van der Waals surface area (Å²) in [6.07, 6.45) is 0. The number of para-hydroxylation sites is 2. The van der Waals surface area contributed by atoms with Gasteiger partial charge >= 0.3 is 0 Å². The molecule has 0 saturated heterocycles. The van der Waals surface area contributed by atoms with Gasteiger partial charge in [0.1, 0.15) is 11.6 Å². The lowest BCUT2D eigenvalue weighted by atomic mass is 10.0. The van der Waals surface area contributed by atoms with Crippen LogP contribution in [0.25, 0.3) is 5.57 Å². The van der Waals surface area contributed by atoms with Crippen molar-refractivity contribution < 1.29 is 9.59 Å². The Morgan fingerprint density at radius 2 is 1.84 bits per heavy atom. The summed E-state index contributed by atoms with van der Waals surface area (Å²) in [6.45, 7) is 4.19. The van der Waals surface area contributed by atoms with E-state index >= 15 is 0 Å². The second kappa shape index (κ2) is 6.62. The lowest BCUT2D eigenvalue weighted by Crippen LogP contribution is -2.27. The Morgan fingerprint density at radius 1 is 1.16 bits per heavy atom. The molecular formula is C20H17N3O2. The molecule has 2 amide bonds. The normalized spacial score (nSPS) is 14.8. The van der Waals surface area contributed by atoms with Gasteiger partial charge in [-0.15, -0.1) is 0 Å². The average molecular weight is 331 g/mol. The van der Waals surface area contributed by atoms with E-state index in [-0.39, 0.29) is 17.1 Å². The minimum atomic E-state index is -0.576. The molecule has 5 nitrogen and oxygen atoms in total. The van der Waals surface area contributed by atoms with Crippen LogP contribution in [-0.4, -0.2) is 18.4 Å². The number of carbonyl (C=O) groups is 2. The Balaban J connectivity index is 2.08. The molecule has 25 heavy (non-hydrogen) atoms. The molecule has 0 spiro atoms. The first-order valence-corrected chi connectivity index (χ1v) is 8.01. The van der Waals surface area contributed by atoms with E-state index in [1.165, 1.54) is 0 Å². The number of rotatable bonds is 3. The van der Waals surface area contributed by atoms with E-state index in [0.29, 0.717) is 17.8 Å². The van der Waals surface area contributed by atoms with E-state index < -0.39 is 5.91 Å². The van der Waals surface area contributed by atoms with Gasteiger partial charge in [-0.1, -0.05) is 36.4 Å². The maximum atomic E-state index is 12.8. The molecule has 0 unspecified atom stereocenters. The number of aryl methyl sites for hydroxylation is 1. The van der Waals surface area contributed by atoms with Crippen LogP contribution in [-0.2, 0) is 9.59 Å². The highest BCUT2D eigenvalue weighted by Gasteiger charge is 2.35. The van der Waals surface area contributed by atoms with Gasteiger partial charge in [-0.25, -0.2) is 0 Å². The maximum Gasteiger partial charge on any atom is 0.267 e. The molecule has 2 aromatic rings. The summed E-state index contributed by atoms with van der Waals surface area (Å²) in [5, 5.41) is 12.3. The lowest BCUT2D eigenvalue weighted by Gasteiger charge is -2.13. The topological polar surface area (TPSA) is 73.2 Å². The second-order valence-corrected chi connectivity index (χ2v) is 5.70. The Kier molecular flexibility index (Phi) is 4.36. The summed E-state index contributed by atoms with van der Waals surface area (Å²) in [5.74, 6) is -0.895. The van der Waals surface area contributed by atoms with Crippen molar-refractivity contribution in [1.29, 1.82) is 5.26 Å². The zero-order valence-corrected chi connectivity index (χ0v) is 14.0. The Hall–Kier alpha value is -3.39. The molecule has 1 aliphatic rings. The number of carbonyl (C=O) groups excluding carboxylic acids is 2. The summed E-state index contributed by atoms with van der Waals surface area (Å²) in [5.41, 5.74) is 2.83. The fourth-order valence-corrected chi connectivity index (χ4v) is 2.95. The lowest BCUT2D eigenvalue weighted by molar-refractivity contribution is -0.114. The van der Waals surface area contributed by atoms with E-state index in [9.17, 15) is 14.9 Å². The Bertz CT molecular complexity index is 938. The molecule has 0 radical (unpaired) electrons. The highest BCUT2D eigenvalue weighted by Crippen LogP contribution is 2.38. The molecule has 2 aromatic carbocycles. The standard InChI is InChI=1S/C20H17N3O2/c1-3-23-17-11-7-5-9-14(17)18(20(23)25)15(12-21)19(24)22-16-10-6-4-8-13(16)2/h4-11H,3H2,1-2H3,(H,22,24). The quantitative estimate of drug-likeness (QED) is 0.693. The van der Waals surface area contributed by atoms with E-state index in [0.717, 1.165) is 11.3 Å². The van der Waals surface area contributed by atoms with Gasteiger partial charge in [0.25, 0.3) is 11.8 Å². The number of likely N-dealkylation sites (N-methyl/N-ethyl adjacent to an activating group) is 1. The van der Waals surface area contributed by atoms with E-state index in [1.54, 1.807) is 29.2 Å². The summed E-state index contributed by atoms with van der Waals surface area (Å²) in [4.78, 5) is 27.0. The molecule has 1 heterocycles. The van der Waals surface area contributed by atoms with E-state index in [1.807, 2.05) is 44.2 Å². The summed E-state index contributed by atoms with van der Waals surface area (Å²) in [7, 11) is 0. The van der Waals surface area contributed by atoms with Crippen LogP contribution in [0.4, 0.5) is 11.4 Å². The molecule has 1 aliphatic heterocycles. The Labute approximate surface area is 146 Å². The average Bonchev–Trinajstić information content (AvgIpc) is 2.90. The number of benzene rings is 2. The van der Waals surface area contributed by atoms with Crippen molar-refractivity contribution in [3.63, 3.8) is 0 Å². The fraction of sp³-hybridized carbons (Fsp3) is 0.150. The zero-order chi connectivity index (χ0) is 18.0. The van der Waals surface area contributed by atoms with Crippen LogP contribution in [0.2, 0.25) is 0 Å². The first-order valence-electron chi connectivity index (χ1n) is 8.01. The predicted octanol–water partition coefficient (Wildman–Crippen LogP) is 3.28. The van der Waals surface area contributed by atoms with Gasteiger partial charge in [-0.2, -0.15) is 5.26 Å². The van der Waals surface area contributed by atoms with Gasteiger partial charge in [0.2, 0.25) is 0 Å². The van der Waals surface area contributed by atoms with Gasteiger partial charge in [-0.3, -0.25) is 9.59 Å². The number of nitriles is 1. The predicted molar refractivity (Wildman–Crippen MR) is 96.8 cm³/mol. The SMILES string of the molecule is CCN1C(=O)C(=C(C#N)C(=O)Nc2ccccc2C)c2ccccc21. The second-order valence-electron chi connectivity index (χ2n) is 5.70. The van der Waals surface area contributed by atoms with Crippen molar-refractivity contribution in [3.05, 3.63) is 65.2 Å². The third kappa shape index (κ3) is 2.79. The monoisotopic (exact) mass is 331 g/mol. The maximum absolute atomic E-state index is 12.8. The molecule has 0 fully saturated rings. The number of anilines is 2. The molecule has 0 aromatic heterocycles. The van der Waals surface area contributed by atoms with Crippen molar-refractivity contribution in [1.82, 2.24) is 0 Å². The van der Waals surface area contributed by atoms with Gasteiger partial charge in [0.05, 0.1) is 11.3 Å². The number of hydrogen-bond donors (Lipinski definition) is 1. The molecular weight excluding hydrogens is 314 g/mol. The summed E-state index contributed by atoms with van der Waals surface area (Å²) >= 11 is 0. The number of hydrogen-bond acceptors (Lipinski definition) is 3.